The third-order valence-corrected chi connectivity index (χ3v) is 5.23. The third kappa shape index (κ3) is 4.14. The van der Waals surface area contributed by atoms with Crippen LogP contribution in [0.3, 0.4) is 0 Å². The Morgan fingerprint density at radius 2 is 2.00 bits per heavy atom. The highest BCUT2D eigenvalue weighted by atomic mass is 79.9. The number of aryl methyl sites for hydroxylation is 1. The summed E-state index contributed by atoms with van der Waals surface area (Å²) in [5.74, 6) is -0.181. The van der Waals surface area contributed by atoms with E-state index in [1.807, 2.05) is 23.5 Å². The first-order chi connectivity index (χ1) is 9.60. The molecule has 4 heteroatoms. The van der Waals surface area contributed by atoms with Crippen molar-refractivity contribution in [2.24, 2.45) is 0 Å². The Balaban J connectivity index is 2.19. The van der Waals surface area contributed by atoms with Gasteiger partial charge in [0.1, 0.15) is 5.82 Å². The van der Waals surface area contributed by atoms with E-state index in [0.717, 1.165) is 29.4 Å². The molecule has 20 heavy (non-hydrogen) atoms. The van der Waals surface area contributed by atoms with Crippen molar-refractivity contribution in [3.05, 3.63) is 55.9 Å². The van der Waals surface area contributed by atoms with Crippen molar-refractivity contribution in [2.45, 2.75) is 32.7 Å². The van der Waals surface area contributed by atoms with Gasteiger partial charge in [0.15, 0.2) is 0 Å². The molecule has 1 N–H and O–H groups in total. The van der Waals surface area contributed by atoms with Crippen molar-refractivity contribution < 1.29 is 4.39 Å². The molecule has 0 amide bonds. The van der Waals surface area contributed by atoms with Crippen LogP contribution < -0.4 is 5.32 Å². The number of benzene rings is 1. The Hall–Kier alpha value is -0.710. The number of nitrogens with one attached hydrogen (secondary N) is 1. The Morgan fingerprint density at radius 1 is 1.30 bits per heavy atom. The average molecular weight is 356 g/mol. The molecule has 0 saturated heterocycles. The van der Waals surface area contributed by atoms with Gasteiger partial charge in [-0.1, -0.05) is 19.1 Å². The molecule has 0 aliphatic rings. The van der Waals surface area contributed by atoms with Gasteiger partial charge >= 0.3 is 0 Å². The first-order valence-electron chi connectivity index (χ1n) is 6.83. The molecular formula is C16H19BrFNS. The summed E-state index contributed by atoms with van der Waals surface area (Å²) < 4.78 is 14.2. The largest absolute Gasteiger partial charge is 0.309 e. The second kappa shape index (κ2) is 7.34. The molecule has 0 saturated carbocycles. The molecule has 2 rings (SSSR count). The summed E-state index contributed by atoms with van der Waals surface area (Å²) in [5, 5.41) is 3.59. The van der Waals surface area contributed by atoms with Gasteiger partial charge in [0.05, 0.1) is 0 Å². The number of halogens is 2. The zero-order chi connectivity index (χ0) is 14.5. The van der Waals surface area contributed by atoms with E-state index in [9.17, 15) is 4.39 Å². The van der Waals surface area contributed by atoms with Gasteiger partial charge in [0.25, 0.3) is 0 Å². The summed E-state index contributed by atoms with van der Waals surface area (Å²) in [4.78, 5) is 2.62. The maximum atomic E-state index is 13.0. The van der Waals surface area contributed by atoms with Gasteiger partial charge in [-0.2, -0.15) is 0 Å². The van der Waals surface area contributed by atoms with E-state index in [1.165, 1.54) is 21.9 Å². The van der Waals surface area contributed by atoms with Crippen LogP contribution in [0.15, 0.2) is 34.8 Å². The zero-order valence-electron chi connectivity index (χ0n) is 11.7. The molecule has 108 valence electrons. The lowest BCUT2D eigenvalue weighted by Crippen LogP contribution is -2.23. The van der Waals surface area contributed by atoms with Crippen molar-refractivity contribution in [3.8, 4) is 0 Å². The van der Waals surface area contributed by atoms with Crippen molar-refractivity contribution in [1.29, 1.82) is 0 Å². The summed E-state index contributed by atoms with van der Waals surface area (Å²) in [6.45, 7) is 5.26. The van der Waals surface area contributed by atoms with Crippen molar-refractivity contribution in [3.63, 3.8) is 0 Å². The maximum absolute atomic E-state index is 13.0. The van der Waals surface area contributed by atoms with Gasteiger partial charge in [0, 0.05) is 20.3 Å². The van der Waals surface area contributed by atoms with Crippen molar-refractivity contribution in [1.82, 2.24) is 5.32 Å². The van der Waals surface area contributed by atoms with E-state index >= 15 is 0 Å². The van der Waals surface area contributed by atoms with Crippen LogP contribution in [0, 0.1) is 12.7 Å². The van der Waals surface area contributed by atoms with E-state index in [0.29, 0.717) is 0 Å². The molecule has 0 aliphatic carbocycles. The third-order valence-electron chi connectivity index (χ3n) is 3.15. The van der Waals surface area contributed by atoms with E-state index in [4.69, 9.17) is 0 Å². The molecule has 1 atom stereocenters. The molecule has 0 bridgehead atoms. The van der Waals surface area contributed by atoms with Crippen LogP contribution in [-0.4, -0.2) is 6.54 Å². The van der Waals surface area contributed by atoms with Gasteiger partial charge in [-0.15, -0.1) is 11.3 Å². The number of rotatable bonds is 6. The molecule has 2 aromatic rings. The first-order valence-corrected chi connectivity index (χ1v) is 8.44. The molecule has 1 unspecified atom stereocenters. The summed E-state index contributed by atoms with van der Waals surface area (Å²) in [7, 11) is 0. The maximum Gasteiger partial charge on any atom is 0.123 e. The highest BCUT2D eigenvalue weighted by Crippen LogP contribution is 2.33. The predicted octanol–water partition coefficient (Wildman–Crippen LogP) is 5.24. The van der Waals surface area contributed by atoms with Gasteiger partial charge < -0.3 is 5.32 Å². The first kappa shape index (κ1) is 15.7. The number of hydrogen-bond acceptors (Lipinski definition) is 2. The molecular weight excluding hydrogens is 337 g/mol. The van der Waals surface area contributed by atoms with E-state index in [-0.39, 0.29) is 11.9 Å². The van der Waals surface area contributed by atoms with Gasteiger partial charge in [-0.05, 0) is 66.0 Å². The van der Waals surface area contributed by atoms with Crippen LogP contribution in [0.1, 0.15) is 34.7 Å². The summed E-state index contributed by atoms with van der Waals surface area (Å²) in [5.41, 5.74) is 1.15. The van der Waals surface area contributed by atoms with Crippen LogP contribution in [-0.2, 0) is 6.42 Å². The van der Waals surface area contributed by atoms with Crippen molar-refractivity contribution >= 4 is 27.3 Å². The van der Waals surface area contributed by atoms with E-state index in [2.05, 4.69) is 41.2 Å². The highest BCUT2D eigenvalue weighted by Gasteiger charge is 2.17. The fourth-order valence-corrected chi connectivity index (χ4v) is 4.17. The Morgan fingerprint density at radius 3 is 2.55 bits per heavy atom. The minimum absolute atomic E-state index is 0.181. The number of hydrogen-bond donors (Lipinski definition) is 1. The van der Waals surface area contributed by atoms with Gasteiger partial charge in [-0.25, -0.2) is 4.39 Å². The topological polar surface area (TPSA) is 12.0 Å². The van der Waals surface area contributed by atoms with Crippen LogP contribution in [0.4, 0.5) is 4.39 Å². The average Bonchev–Trinajstić information content (AvgIpc) is 2.76. The van der Waals surface area contributed by atoms with Crippen LogP contribution in [0.25, 0.3) is 0 Å². The highest BCUT2D eigenvalue weighted by molar-refractivity contribution is 9.10. The summed E-state index contributed by atoms with van der Waals surface area (Å²) in [6.07, 6.45) is 1.97. The number of thiophene rings is 1. The lowest BCUT2D eigenvalue weighted by molar-refractivity contribution is 0.534. The minimum Gasteiger partial charge on any atom is -0.309 e. The van der Waals surface area contributed by atoms with Crippen LogP contribution in [0.5, 0.6) is 0 Å². The molecule has 1 nitrogen and oxygen atoms in total. The summed E-state index contributed by atoms with van der Waals surface area (Å²) >= 11 is 5.46. The fraction of sp³-hybridized carbons (Fsp3) is 0.375. The molecule has 0 aliphatic heterocycles. The molecule has 1 aromatic carbocycles. The van der Waals surface area contributed by atoms with Crippen molar-refractivity contribution in [2.75, 3.05) is 6.54 Å². The lowest BCUT2D eigenvalue weighted by atomic mass is 10.0. The molecule has 0 radical (unpaired) electrons. The van der Waals surface area contributed by atoms with Crippen LogP contribution >= 0.6 is 27.3 Å². The Labute approximate surface area is 132 Å². The summed E-state index contributed by atoms with van der Waals surface area (Å²) in [6, 6.07) is 9.22. The van der Waals surface area contributed by atoms with Gasteiger partial charge in [0.2, 0.25) is 0 Å². The van der Waals surface area contributed by atoms with Crippen LogP contribution in [0.2, 0.25) is 0 Å². The lowest BCUT2D eigenvalue weighted by Gasteiger charge is -2.18. The van der Waals surface area contributed by atoms with E-state index < -0.39 is 0 Å². The molecule has 1 aromatic heterocycles. The molecule has 1 heterocycles. The quantitative estimate of drug-likeness (QED) is 0.746. The van der Waals surface area contributed by atoms with Gasteiger partial charge in [-0.3, -0.25) is 0 Å². The molecule has 0 fully saturated rings. The standard InChI is InChI=1S/C16H19BrFNS/c1-3-8-19-15(16-14(17)9-11(2)20-16)10-12-4-6-13(18)7-5-12/h4-7,9,15,19H,3,8,10H2,1-2H3. The second-order valence-electron chi connectivity index (χ2n) is 4.91. The smallest absolute Gasteiger partial charge is 0.123 e. The normalized spacial score (nSPS) is 12.6. The monoisotopic (exact) mass is 355 g/mol. The second-order valence-corrected chi connectivity index (χ2v) is 7.05. The Bertz CT molecular complexity index is 550. The minimum atomic E-state index is -0.181. The molecule has 0 spiro atoms. The Kier molecular flexibility index (Phi) is 5.75. The SMILES string of the molecule is CCCNC(Cc1ccc(F)cc1)c1sc(C)cc1Br. The fourth-order valence-electron chi connectivity index (χ4n) is 2.17. The predicted molar refractivity (Wildman–Crippen MR) is 87.9 cm³/mol. The van der Waals surface area contributed by atoms with E-state index in [1.54, 1.807) is 0 Å². The zero-order valence-corrected chi connectivity index (χ0v) is 14.2.